The Hall–Kier alpha value is -0.930. The van der Waals surface area contributed by atoms with Crippen molar-refractivity contribution in [3.8, 4) is 0 Å². The maximum Gasteiger partial charge on any atom is 0.126 e. The van der Waals surface area contributed by atoms with Gasteiger partial charge in [0.15, 0.2) is 0 Å². The Morgan fingerprint density at radius 1 is 1.41 bits per heavy atom. The smallest absolute Gasteiger partial charge is 0.126 e. The van der Waals surface area contributed by atoms with Crippen LogP contribution in [0.5, 0.6) is 0 Å². The van der Waals surface area contributed by atoms with E-state index in [0.717, 1.165) is 30.5 Å². The van der Waals surface area contributed by atoms with Crippen molar-refractivity contribution >= 4 is 0 Å². The van der Waals surface area contributed by atoms with E-state index in [1.807, 2.05) is 6.07 Å². The van der Waals surface area contributed by atoms with Crippen LogP contribution < -0.4 is 5.32 Å². The molecule has 0 aromatic heterocycles. The van der Waals surface area contributed by atoms with Gasteiger partial charge >= 0.3 is 0 Å². The van der Waals surface area contributed by atoms with E-state index < -0.39 is 0 Å². The Kier molecular flexibility index (Phi) is 4.51. The summed E-state index contributed by atoms with van der Waals surface area (Å²) < 4.78 is 18.8. The molecule has 1 atom stereocenters. The topological polar surface area (TPSA) is 21.3 Å². The van der Waals surface area contributed by atoms with Gasteiger partial charge in [0.25, 0.3) is 0 Å². The number of hydrogen-bond donors (Lipinski definition) is 1. The predicted molar refractivity (Wildman–Crippen MR) is 66.5 cm³/mol. The zero-order chi connectivity index (χ0) is 12.1. The summed E-state index contributed by atoms with van der Waals surface area (Å²) in [5, 5.41) is 3.45. The molecule has 0 saturated carbocycles. The number of methoxy groups -OCH3 is 1. The minimum atomic E-state index is -0.0998. The molecular formula is C14H20FNO. The Bertz CT molecular complexity index is 361. The molecule has 1 N–H and O–H groups in total. The average molecular weight is 237 g/mol. The van der Waals surface area contributed by atoms with Crippen LogP contribution in [0.1, 0.15) is 30.4 Å². The summed E-state index contributed by atoms with van der Waals surface area (Å²) in [6.45, 7) is 1.61. The molecule has 0 amide bonds. The fourth-order valence-corrected chi connectivity index (χ4v) is 2.40. The van der Waals surface area contributed by atoms with Crippen LogP contribution in [0.2, 0.25) is 0 Å². The Morgan fingerprint density at radius 2 is 2.29 bits per heavy atom. The van der Waals surface area contributed by atoms with Gasteiger partial charge < -0.3 is 10.1 Å². The number of halogens is 1. The molecule has 2 rings (SSSR count). The molecule has 1 aliphatic heterocycles. The molecule has 1 fully saturated rings. The summed E-state index contributed by atoms with van der Waals surface area (Å²) in [6.07, 6.45) is 4.41. The minimum Gasteiger partial charge on any atom is -0.380 e. The van der Waals surface area contributed by atoms with Gasteiger partial charge in [-0.15, -0.1) is 0 Å². The fourth-order valence-electron chi connectivity index (χ4n) is 2.40. The monoisotopic (exact) mass is 237 g/mol. The number of hydrogen-bond acceptors (Lipinski definition) is 2. The van der Waals surface area contributed by atoms with Crippen LogP contribution in [-0.4, -0.2) is 19.7 Å². The Morgan fingerprint density at radius 3 is 3.00 bits per heavy atom. The minimum absolute atomic E-state index is 0.0998. The number of ether oxygens (including phenoxy) is 1. The van der Waals surface area contributed by atoms with Crippen molar-refractivity contribution in [1.82, 2.24) is 5.32 Å². The fraction of sp³-hybridized carbons (Fsp3) is 0.571. The first kappa shape index (κ1) is 12.5. The van der Waals surface area contributed by atoms with Crippen LogP contribution in [-0.2, 0) is 17.8 Å². The van der Waals surface area contributed by atoms with Crippen LogP contribution in [0.4, 0.5) is 4.39 Å². The second-order valence-electron chi connectivity index (χ2n) is 4.71. The van der Waals surface area contributed by atoms with Gasteiger partial charge in [-0.3, -0.25) is 0 Å². The second-order valence-corrected chi connectivity index (χ2v) is 4.71. The highest BCUT2D eigenvalue weighted by Gasteiger charge is 2.15. The van der Waals surface area contributed by atoms with Crippen molar-refractivity contribution in [3.05, 3.63) is 35.1 Å². The Labute approximate surface area is 102 Å². The zero-order valence-electron chi connectivity index (χ0n) is 10.3. The van der Waals surface area contributed by atoms with E-state index in [-0.39, 0.29) is 5.82 Å². The third-order valence-corrected chi connectivity index (χ3v) is 3.30. The molecule has 1 aromatic rings. The molecule has 0 bridgehead atoms. The predicted octanol–water partition coefficient (Wildman–Crippen LogP) is 2.66. The number of piperidine rings is 1. The van der Waals surface area contributed by atoms with Crippen LogP contribution in [0.15, 0.2) is 18.2 Å². The van der Waals surface area contributed by atoms with E-state index in [0.29, 0.717) is 12.6 Å². The van der Waals surface area contributed by atoms with Gasteiger partial charge in [-0.2, -0.15) is 0 Å². The molecule has 1 aliphatic rings. The summed E-state index contributed by atoms with van der Waals surface area (Å²) in [5.74, 6) is -0.0998. The SMILES string of the molecule is COCc1ccc(F)c(CC2CCCCN2)c1. The summed E-state index contributed by atoms with van der Waals surface area (Å²) in [5.41, 5.74) is 1.85. The van der Waals surface area contributed by atoms with E-state index >= 15 is 0 Å². The first-order valence-corrected chi connectivity index (χ1v) is 6.29. The lowest BCUT2D eigenvalue weighted by molar-refractivity contribution is 0.184. The lowest BCUT2D eigenvalue weighted by Crippen LogP contribution is -2.35. The van der Waals surface area contributed by atoms with Gasteiger partial charge in [0.2, 0.25) is 0 Å². The average Bonchev–Trinajstić information content (AvgIpc) is 2.35. The highest BCUT2D eigenvalue weighted by atomic mass is 19.1. The molecule has 0 spiro atoms. The van der Waals surface area contributed by atoms with Crippen LogP contribution in [0, 0.1) is 5.82 Å². The molecule has 1 heterocycles. The maximum absolute atomic E-state index is 13.7. The van der Waals surface area contributed by atoms with E-state index in [1.54, 1.807) is 19.2 Å². The van der Waals surface area contributed by atoms with E-state index in [1.165, 1.54) is 12.8 Å². The molecule has 1 aromatic carbocycles. The van der Waals surface area contributed by atoms with Crippen molar-refractivity contribution in [2.45, 2.75) is 38.3 Å². The van der Waals surface area contributed by atoms with Crippen molar-refractivity contribution in [2.24, 2.45) is 0 Å². The number of benzene rings is 1. The summed E-state index contributed by atoms with van der Waals surface area (Å²) in [6, 6.07) is 5.69. The quantitative estimate of drug-likeness (QED) is 0.869. The second kappa shape index (κ2) is 6.12. The molecule has 17 heavy (non-hydrogen) atoms. The normalized spacial score (nSPS) is 20.5. The molecule has 1 saturated heterocycles. The summed E-state index contributed by atoms with van der Waals surface area (Å²) in [7, 11) is 1.66. The van der Waals surface area contributed by atoms with Gasteiger partial charge in [0, 0.05) is 13.2 Å². The van der Waals surface area contributed by atoms with E-state index in [4.69, 9.17) is 4.74 Å². The molecule has 94 valence electrons. The van der Waals surface area contributed by atoms with Crippen molar-refractivity contribution in [1.29, 1.82) is 0 Å². The van der Waals surface area contributed by atoms with Gasteiger partial charge in [0.1, 0.15) is 5.82 Å². The molecule has 0 aliphatic carbocycles. The standard InChI is InChI=1S/C14H20FNO/c1-17-10-11-5-6-14(15)12(8-11)9-13-4-2-3-7-16-13/h5-6,8,13,16H,2-4,7,9-10H2,1H3. The first-order valence-electron chi connectivity index (χ1n) is 6.29. The van der Waals surface area contributed by atoms with Gasteiger partial charge in [-0.1, -0.05) is 18.6 Å². The highest BCUT2D eigenvalue weighted by molar-refractivity contribution is 5.25. The lowest BCUT2D eigenvalue weighted by atomic mass is 9.96. The summed E-state index contributed by atoms with van der Waals surface area (Å²) in [4.78, 5) is 0. The van der Waals surface area contributed by atoms with Gasteiger partial charge in [-0.25, -0.2) is 4.39 Å². The van der Waals surface area contributed by atoms with Crippen LogP contribution >= 0.6 is 0 Å². The highest BCUT2D eigenvalue weighted by Crippen LogP contribution is 2.17. The molecule has 3 heteroatoms. The molecule has 1 unspecified atom stereocenters. The van der Waals surface area contributed by atoms with Gasteiger partial charge in [-0.05, 0) is 43.0 Å². The van der Waals surface area contributed by atoms with E-state index in [9.17, 15) is 4.39 Å². The summed E-state index contributed by atoms with van der Waals surface area (Å²) >= 11 is 0. The molecule has 2 nitrogen and oxygen atoms in total. The van der Waals surface area contributed by atoms with Crippen molar-refractivity contribution in [3.63, 3.8) is 0 Å². The maximum atomic E-state index is 13.7. The molecule has 0 radical (unpaired) electrons. The number of rotatable bonds is 4. The van der Waals surface area contributed by atoms with E-state index in [2.05, 4.69) is 5.32 Å². The van der Waals surface area contributed by atoms with Gasteiger partial charge in [0.05, 0.1) is 6.61 Å². The first-order chi connectivity index (χ1) is 8.29. The zero-order valence-corrected chi connectivity index (χ0v) is 10.3. The van der Waals surface area contributed by atoms with Crippen LogP contribution in [0.3, 0.4) is 0 Å². The molecular weight excluding hydrogens is 217 g/mol. The third-order valence-electron chi connectivity index (χ3n) is 3.30. The lowest BCUT2D eigenvalue weighted by Gasteiger charge is -2.23. The number of nitrogens with one attached hydrogen (secondary N) is 1. The van der Waals surface area contributed by atoms with Crippen molar-refractivity contribution in [2.75, 3.05) is 13.7 Å². The largest absolute Gasteiger partial charge is 0.380 e. The van der Waals surface area contributed by atoms with Crippen LogP contribution in [0.25, 0.3) is 0 Å². The Balaban J connectivity index is 2.04. The van der Waals surface area contributed by atoms with Crippen molar-refractivity contribution < 1.29 is 9.13 Å². The third kappa shape index (κ3) is 3.51.